The first-order chi connectivity index (χ1) is 19.9. The topological polar surface area (TPSA) is 137 Å². The van der Waals surface area contributed by atoms with E-state index in [2.05, 4.69) is 20.0 Å². The fourth-order valence-electron chi connectivity index (χ4n) is 4.65. The molecule has 1 fully saturated rings. The number of carbonyl (C=O) groups is 4. The third-order valence-electron chi connectivity index (χ3n) is 7.00. The van der Waals surface area contributed by atoms with Crippen molar-refractivity contribution in [1.29, 1.82) is 0 Å². The zero-order valence-electron chi connectivity index (χ0n) is 24.8. The number of esters is 2. The van der Waals surface area contributed by atoms with E-state index in [0.29, 0.717) is 36.1 Å². The van der Waals surface area contributed by atoms with Crippen LogP contribution in [-0.4, -0.2) is 84.2 Å². The number of nitrogens with zero attached hydrogens (tertiary/aromatic N) is 3. The van der Waals surface area contributed by atoms with Crippen molar-refractivity contribution in [1.82, 2.24) is 20.2 Å². The summed E-state index contributed by atoms with van der Waals surface area (Å²) in [6.45, 7) is 8.25. The first kappa shape index (κ1) is 33.5. The molecule has 0 spiro atoms. The van der Waals surface area contributed by atoms with Gasteiger partial charge in [-0.15, -0.1) is 22.7 Å². The van der Waals surface area contributed by atoms with Crippen LogP contribution >= 0.6 is 22.7 Å². The third kappa shape index (κ3) is 9.53. The monoisotopic (exact) mass is 626 g/mol. The molecule has 3 heterocycles. The van der Waals surface area contributed by atoms with Crippen LogP contribution in [0, 0.1) is 18.8 Å². The van der Waals surface area contributed by atoms with Gasteiger partial charge < -0.3 is 24.4 Å². The van der Waals surface area contributed by atoms with Crippen molar-refractivity contribution in [3.63, 3.8) is 0 Å². The van der Waals surface area contributed by atoms with E-state index in [9.17, 15) is 23.6 Å². The van der Waals surface area contributed by atoms with Crippen LogP contribution in [-0.2, 0) is 35.0 Å². The Morgan fingerprint density at radius 2 is 1.88 bits per heavy atom. The number of aryl methyl sites for hydroxylation is 1. The zero-order valence-corrected chi connectivity index (χ0v) is 26.4. The quantitative estimate of drug-likeness (QED) is 0.294. The van der Waals surface area contributed by atoms with E-state index in [-0.39, 0.29) is 42.3 Å². The summed E-state index contributed by atoms with van der Waals surface area (Å²) in [7, 11) is 2.85. The number of ether oxygens (including phenoxy) is 3. The SMILES string of the molecule is COC(=O)[C@@H](F)C[C@H](Cc1nc(C)cs1)NC(=O)c1csc([C@@H](CC(C(C)C)N(C)C(=O)CC2COC2)OC(C)=O)n1. The van der Waals surface area contributed by atoms with Crippen LogP contribution in [0.2, 0.25) is 0 Å². The van der Waals surface area contributed by atoms with E-state index in [1.54, 1.807) is 11.9 Å². The lowest BCUT2D eigenvalue weighted by Gasteiger charge is -2.35. The summed E-state index contributed by atoms with van der Waals surface area (Å²) in [4.78, 5) is 60.4. The smallest absolute Gasteiger partial charge is 0.340 e. The molecule has 0 aliphatic carbocycles. The molecule has 0 bridgehead atoms. The van der Waals surface area contributed by atoms with Gasteiger partial charge in [0, 0.05) is 74.1 Å². The number of thiazole rings is 2. The van der Waals surface area contributed by atoms with Crippen molar-refractivity contribution in [2.45, 2.75) is 77.7 Å². The summed E-state index contributed by atoms with van der Waals surface area (Å²) in [5, 5.41) is 7.24. The van der Waals surface area contributed by atoms with Gasteiger partial charge in [-0.05, 0) is 12.8 Å². The van der Waals surface area contributed by atoms with Crippen molar-refractivity contribution in [2.24, 2.45) is 11.8 Å². The lowest BCUT2D eigenvalue weighted by atomic mass is 9.95. The molecule has 3 rings (SSSR count). The van der Waals surface area contributed by atoms with Gasteiger partial charge in [0.2, 0.25) is 5.91 Å². The van der Waals surface area contributed by atoms with Crippen molar-refractivity contribution in [2.75, 3.05) is 27.4 Å². The average Bonchev–Trinajstić information content (AvgIpc) is 3.56. The molecular weight excluding hydrogens is 587 g/mol. The van der Waals surface area contributed by atoms with E-state index >= 15 is 0 Å². The fourth-order valence-corrected chi connectivity index (χ4v) is 6.34. The van der Waals surface area contributed by atoms with Gasteiger partial charge >= 0.3 is 11.9 Å². The molecule has 2 amide bonds. The van der Waals surface area contributed by atoms with Gasteiger partial charge in [-0.1, -0.05) is 13.8 Å². The van der Waals surface area contributed by atoms with Crippen molar-refractivity contribution >= 4 is 46.4 Å². The summed E-state index contributed by atoms with van der Waals surface area (Å²) >= 11 is 2.53. The number of rotatable bonds is 15. The molecule has 232 valence electrons. The van der Waals surface area contributed by atoms with Gasteiger partial charge in [0.1, 0.15) is 10.7 Å². The molecule has 1 aliphatic rings. The van der Waals surface area contributed by atoms with Crippen LogP contribution in [0.1, 0.15) is 72.3 Å². The third-order valence-corrected chi connectivity index (χ3v) is 8.92. The largest absolute Gasteiger partial charge is 0.467 e. The number of amides is 2. The molecule has 1 saturated heterocycles. The van der Waals surface area contributed by atoms with Crippen molar-refractivity contribution in [3.05, 3.63) is 32.2 Å². The highest BCUT2D eigenvalue weighted by Crippen LogP contribution is 2.31. The highest BCUT2D eigenvalue weighted by Gasteiger charge is 2.33. The summed E-state index contributed by atoms with van der Waals surface area (Å²) < 4.78 is 29.8. The lowest BCUT2D eigenvalue weighted by molar-refractivity contribution is -0.149. The van der Waals surface area contributed by atoms with Crippen LogP contribution < -0.4 is 5.32 Å². The Kier molecular flexibility index (Phi) is 12.4. The van der Waals surface area contributed by atoms with E-state index in [1.165, 1.54) is 23.6 Å². The molecule has 0 saturated carbocycles. The molecule has 14 heteroatoms. The highest BCUT2D eigenvalue weighted by atomic mass is 32.1. The molecule has 0 aromatic carbocycles. The van der Waals surface area contributed by atoms with Gasteiger partial charge in [0.05, 0.1) is 25.3 Å². The first-order valence-corrected chi connectivity index (χ1v) is 15.5. The predicted molar refractivity (Wildman–Crippen MR) is 155 cm³/mol. The Bertz CT molecular complexity index is 1230. The number of hydrogen-bond acceptors (Lipinski definition) is 11. The Morgan fingerprint density at radius 1 is 1.17 bits per heavy atom. The Morgan fingerprint density at radius 3 is 2.43 bits per heavy atom. The van der Waals surface area contributed by atoms with Gasteiger partial charge in [-0.2, -0.15) is 0 Å². The van der Waals surface area contributed by atoms with E-state index in [1.807, 2.05) is 26.2 Å². The minimum atomic E-state index is -1.93. The molecule has 1 unspecified atom stereocenters. The maximum Gasteiger partial charge on any atom is 0.340 e. The van der Waals surface area contributed by atoms with Gasteiger partial charge in [-0.25, -0.2) is 19.2 Å². The van der Waals surface area contributed by atoms with E-state index in [4.69, 9.17) is 9.47 Å². The van der Waals surface area contributed by atoms with E-state index in [0.717, 1.165) is 24.1 Å². The van der Waals surface area contributed by atoms with Crippen LogP contribution in [0.4, 0.5) is 4.39 Å². The average molecular weight is 627 g/mol. The second-order valence-corrected chi connectivity index (χ2v) is 12.6. The van der Waals surface area contributed by atoms with E-state index < -0.39 is 36.2 Å². The summed E-state index contributed by atoms with van der Waals surface area (Å²) in [5.74, 6) is -1.85. The molecule has 1 aliphatic heterocycles. The van der Waals surface area contributed by atoms with Gasteiger partial charge in [0.25, 0.3) is 5.91 Å². The molecule has 1 N–H and O–H groups in total. The van der Waals surface area contributed by atoms with Crippen LogP contribution in [0.5, 0.6) is 0 Å². The standard InChI is InChI=1S/C28H39FN4O7S2/c1-15(2)22(33(5)25(35)7-18-11-39-12-18)10-23(40-17(4)34)27-32-21(14-42-27)26(36)31-19(8-20(29)28(37)38-6)9-24-30-16(3)13-41-24/h13-15,18-20,22-23H,7-12H2,1-6H3,(H,31,36)/t19-,20+,22?,23-/m1/s1. The molecule has 2 aromatic heterocycles. The lowest BCUT2D eigenvalue weighted by Crippen LogP contribution is -2.44. The highest BCUT2D eigenvalue weighted by molar-refractivity contribution is 7.10. The molecule has 4 atom stereocenters. The number of halogens is 1. The van der Waals surface area contributed by atoms with Gasteiger partial charge in [0.15, 0.2) is 12.3 Å². The van der Waals surface area contributed by atoms with Crippen molar-refractivity contribution < 1.29 is 37.8 Å². The zero-order chi connectivity index (χ0) is 31.0. The number of alkyl halides is 1. The first-order valence-electron chi connectivity index (χ1n) is 13.8. The molecule has 0 radical (unpaired) electrons. The molecule has 2 aromatic rings. The molecular formula is C28H39FN4O7S2. The number of methoxy groups -OCH3 is 1. The minimum absolute atomic E-state index is 0.0117. The van der Waals surface area contributed by atoms with Crippen LogP contribution in [0.15, 0.2) is 10.8 Å². The van der Waals surface area contributed by atoms with Crippen LogP contribution in [0.25, 0.3) is 0 Å². The van der Waals surface area contributed by atoms with Crippen molar-refractivity contribution in [3.8, 4) is 0 Å². The van der Waals surface area contributed by atoms with Gasteiger partial charge in [-0.3, -0.25) is 14.4 Å². The normalized spacial score (nSPS) is 16.2. The second-order valence-electron chi connectivity index (χ2n) is 10.8. The molecule has 11 nitrogen and oxygen atoms in total. The number of aromatic nitrogens is 2. The maximum absolute atomic E-state index is 14.5. The fraction of sp³-hybridized carbons (Fsp3) is 0.643. The Labute approximate surface area is 253 Å². The van der Waals surface area contributed by atoms with Crippen LogP contribution in [0.3, 0.4) is 0 Å². The predicted octanol–water partition coefficient (Wildman–Crippen LogP) is 3.66. The Balaban J connectivity index is 1.75. The summed E-state index contributed by atoms with van der Waals surface area (Å²) in [6, 6.07) is -1.01. The maximum atomic E-state index is 14.5. The second kappa shape index (κ2) is 15.5. The summed E-state index contributed by atoms with van der Waals surface area (Å²) in [5.41, 5.74) is 0.867. The number of carbonyl (C=O) groups excluding carboxylic acids is 4. The minimum Gasteiger partial charge on any atom is -0.467 e. The number of nitrogens with one attached hydrogen (secondary N) is 1. The summed E-state index contributed by atoms with van der Waals surface area (Å²) in [6.07, 6.45) is -2.11. The number of hydrogen-bond donors (Lipinski definition) is 1. The molecule has 42 heavy (non-hydrogen) atoms. The Hall–Kier alpha value is -2.97.